The van der Waals surface area contributed by atoms with Gasteiger partial charge in [-0.05, 0) is 49.3 Å². The zero-order chi connectivity index (χ0) is 19.1. The van der Waals surface area contributed by atoms with Crippen molar-refractivity contribution in [1.29, 1.82) is 0 Å². The minimum Gasteiger partial charge on any atom is -0.383 e. The molecule has 1 aromatic carbocycles. The smallest absolute Gasteiger partial charge is 0.317 e. The van der Waals surface area contributed by atoms with Crippen molar-refractivity contribution in [3.8, 4) is 0 Å². The Hall–Kier alpha value is -1.85. The van der Waals surface area contributed by atoms with E-state index in [2.05, 4.69) is 41.1 Å². The van der Waals surface area contributed by atoms with Crippen LogP contribution in [0.4, 0.5) is 4.79 Å². The van der Waals surface area contributed by atoms with E-state index in [1.165, 1.54) is 30.5 Å². The lowest BCUT2D eigenvalue weighted by atomic mass is 9.95. The normalized spacial score (nSPS) is 20.3. The molecule has 27 heavy (non-hydrogen) atoms. The number of nitrogens with one attached hydrogen (secondary N) is 1. The van der Waals surface area contributed by atoms with E-state index in [1.54, 1.807) is 13.2 Å². The number of piperidine rings is 1. The maximum atomic E-state index is 12.5. The number of likely N-dealkylation sites (tertiary alicyclic amines) is 1. The first-order chi connectivity index (χ1) is 13.2. The average molecular weight is 372 g/mol. The van der Waals surface area contributed by atoms with Crippen LogP contribution in [0.1, 0.15) is 24.0 Å². The van der Waals surface area contributed by atoms with Crippen molar-refractivity contribution < 1.29 is 9.53 Å². The van der Waals surface area contributed by atoms with Crippen LogP contribution in [0.25, 0.3) is 0 Å². The fraction of sp³-hybridized carbons (Fsp3) is 0.591. The van der Waals surface area contributed by atoms with E-state index in [0.29, 0.717) is 31.7 Å². The zero-order valence-electron chi connectivity index (χ0n) is 16.5. The van der Waals surface area contributed by atoms with Crippen molar-refractivity contribution in [3.63, 3.8) is 0 Å². The van der Waals surface area contributed by atoms with Gasteiger partial charge in [-0.25, -0.2) is 4.79 Å². The molecule has 1 atom stereocenters. The number of benzene rings is 1. The second-order valence-electron chi connectivity index (χ2n) is 7.75. The number of methoxy groups -OCH3 is 1. The van der Waals surface area contributed by atoms with Crippen molar-refractivity contribution in [2.45, 2.75) is 31.7 Å². The molecule has 0 spiro atoms. The van der Waals surface area contributed by atoms with Gasteiger partial charge in [0.2, 0.25) is 0 Å². The predicted octanol–water partition coefficient (Wildman–Crippen LogP) is 2.71. The van der Waals surface area contributed by atoms with Crippen LogP contribution in [0, 0.1) is 5.92 Å². The molecule has 1 fully saturated rings. The molecule has 0 radical (unpaired) electrons. The Balaban J connectivity index is 1.56. The highest BCUT2D eigenvalue weighted by molar-refractivity contribution is 5.74. The maximum Gasteiger partial charge on any atom is 0.317 e. The Labute approximate surface area is 163 Å². The van der Waals surface area contributed by atoms with Crippen molar-refractivity contribution in [3.05, 3.63) is 48.0 Å². The Morgan fingerprint density at radius 1 is 1.37 bits per heavy atom. The van der Waals surface area contributed by atoms with Gasteiger partial charge < -0.3 is 15.0 Å². The van der Waals surface area contributed by atoms with Crippen LogP contribution in [0.5, 0.6) is 0 Å². The van der Waals surface area contributed by atoms with Gasteiger partial charge in [0.25, 0.3) is 0 Å². The summed E-state index contributed by atoms with van der Waals surface area (Å²) >= 11 is 0. The molecule has 1 saturated heterocycles. The lowest BCUT2D eigenvalue weighted by Crippen LogP contribution is -2.49. The molecule has 1 aliphatic heterocycles. The minimum absolute atomic E-state index is 0.0163. The molecule has 5 nitrogen and oxygen atoms in total. The number of ether oxygens (including phenoxy) is 1. The van der Waals surface area contributed by atoms with Crippen LogP contribution in [0.15, 0.2) is 36.9 Å². The molecule has 1 aliphatic carbocycles. The predicted molar refractivity (Wildman–Crippen MR) is 109 cm³/mol. The summed E-state index contributed by atoms with van der Waals surface area (Å²) in [5, 5.41) is 2.91. The number of hydrogen-bond donors (Lipinski definition) is 1. The van der Waals surface area contributed by atoms with Gasteiger partial charge in [0.15, 0.2) is 0 Å². The number of carbonyl (C=O) groups excluding carboxylic acids is 1. The second kappa shape index (κ2) is 9.90. The summed E-state index contributed by atoms with van der Waals surface area (Å²) in [7, 11) is 1.68. The monoisotopic (exact) mass is 371 g/mol. The van der Waals surface area contributed by atoms with Crippen LogP contribution >= 0.6 is 0 Å². The molecular weight excluding hydrogens is 338 g/mol. The number of rotatable bonds is 8. The fourth-order valence-corrected chi connectivity index (χ4v) is 4.43. The highest BCUT2D eigenvalue weighted by atomic mass is 16.5. The van der Waals surface area contributed by atoms with Gasteiger partial charge in [-0.2, -0.15) is 0 Å². The van der Waals surface area contributed by atoms with E-state index in [4.69, 9.17) is 4.74 Å². The summed E-state index contributed by atoms with van der Waals surface area (Å²) < 4.78 is 5.20. The third-order valence-electron chi connectivity index (χ3n) is 5.83. The van der Waals surface area contributed by atoms with Crippen molar-refractivity contribution in [2.24, 2.45) is 5.92 Å². The minimum atomic E-state index is -0.0163. The highest BCUT2D eigenvalue weighted by Gasteiger charge is 2.31. The zero-order valence-corrected chi connectivity index (χ0v) is 16.5. The van der Waals surface area contributed by atoms with Gasteiger partial charge in [0.1, 0.15) is 0 Å². The molecule has 2 amide bonds. The summed E-state index contributed by atoms with van der Waals surface area (Å²) in [5.74, 6) is 0.522. The highest BCUT2D eigenvalue weighted by Crippen LogP contribution is 2.29. The van der Waals surface area contributed by atoms with Gasteiger partial charge in [0, 0.05) is 39.3 Å². The second-order valence-corrected chi connectivity index (χ2v) is 7.75. The molecule has 0 aromatic heterocycles. The molecule has 148 valence electrons. The van der Waals surface area contributed by atoms with Crippen molar-refractivity contribution in [1.82, 2.24) is 15.1 Å². The Morgan fingerprint density at radius 2 is 2.11 bits per heavy atom. The molecule has 0 bridgehead atoms. The number of nitrogens with zero attached hydrogens (tertiary/aromatic N) is 2. The van der Waals surface area contributed by atoms with E-state index >= 15 is 0 Å². The standard InChI is InChI=1S/C22H33N3O2/c1-3-10-23-22(26)25(12-13-27-2)17-18-7-6-11-24(16-18)21-14-19-8-4-5-9-20(19)15-21/h3-5,8-9,18,21H,1,6-7,10-17H2,2H3,(H,23,26)/t18-/m1/s1. The van der Waals surface area contributed by atoms with E-state index in [-0.39, 0.29) is 6.03 Å². The number of urea groups is 1. The first-order valence-corrected chi connectivity index (χ1v) is 10.1. The summed E-state index contributed by atoms with van der Waals surface area (Å²) in [6.07, 6.45) is 6.44. The summed E-state index contributed by atoms with van der Waals surface area (Å²) in [6.45, 7) is 8.42. The quantitative estimate of drug-likeness (QED) is 0.715. The first kappa shape index (κ1) is 19.9. The Morgan fingerprint density at radius 3 is 2.78 bits per heavy atom. The van der Waals surface area contributed by atoms with Crippen molar-refractivity contribution in [2.75, 3.05) is 46.4 Å². The molecule has 5 heteroatoms. The van der Waals surface area contributed by atoms with Crippen LogP contribution in [0.3, 0.4) is 0 Å². The lowest BCUT2D eigenvalue weighted by Gasteiger charge is -2.38. The van der Waals surface area contributed by atoms with Crippen LogP contribution in [-0.2, 0) is 17.6 Å². The van der Waals surface area contributed by atoms with Crippen LogP contribution in [-0.4, -0.2) is 68.3 Å². The Bertz CT molecular complexity index is 609. The van der Waals surface area contributed by atoms with Gasteiger partial charge >= 0.3 is 6.03 Å². The SMILES string of the molecule is C=CCNC(=O)N(CCOC)C[C@@H]1CCCN(C2Cc3ccccc3C2)C1. The third kappa shape index (κ3) is 5.33. The lowest BCUT2D eigenvalue weighted by molar-refractivity contribution is 0.0957. The largest absolute Gasteiger partial charge is 0.383 e. The molecule has 1 N–H and O–H groups in total. The summed E-state index contributed by atoms with van der Waals surface area (Å²) in [5.41, 5.74) is 3.02. The van der Waals surface area contributed by atoms with Crippen LogP contribution in [0.2, 0.25) is 0 Å². The van der Waals surface area contributed by atoms with Gasteiger partial charge in [-0.3, -0.25) is 4.90 Å². The van der Waals surface area contributed by atoms with E-state index < -0.39 is 0 Å². The summed E-state index contributed by atoms with van der Waals surface area (Å²) in [4.78, 5) is 17.0. The number of hydrogen-bond acceptors (Lipinski definition) is 3. The van der Waals surface area contributed by atoms with Gasteiger partial charge in [-0.1, -0.05) is 30.3 Å². The fourth-order valence-electron chi connectivity index (χ4n) is 4.43. The maximum absolute atomic E-state index is 12.5. The van der Waals surface area contributed by atoms with Gasteiger partial charge in [0.05, 0.1) is 6.61 Å². The molecule has 3 rings (SSSR count). The van der Waals surface area contributed by atoms with Gasteiger partial charge in [-0.15, -0.1) is 6.58 Å². The molecule has 0 saturated carbocycles. The number of carbonyl (C=O) groups is 1. The topological polar surface area (TPSA) is 44.8 Å². The molecule has 1 aromatic rings. The van der Waals surface area contributed by atoms with Crippen LogP contribution < -0.4 is 5.32 Å². The molecule has 1 heterocycles. The molecule has 2 aliphatic rings. The van der Waals surface area contributed by atoms with Crippen molar-refractivity contribution >= 4 is 6.03 Å². The number of amides is 2. The van der Waals surface area contributed by atoms with E-state index in [1.807, 2.05) is 4.90 Å². The van der Waals surface area contributed by atoms with E-state index in [0.717, 1.165) is 25.9 Å². The van der Waals surface area contributed by atoms with E-state index in [9.17, 15) is 4.79 Å². The average Bonchev–Trinajstić information content (AvgIpc) is 3.14. The molecular formula is C22H33N3O2. The third-order valence-corrected chi connectivity index (χ3v) is 5.83. The molecule has 0 unspecified atom stereocenters. The first-order valence-electron chi connectivity index (χ1n) is 10.1. The Kier molecular flexibility index (Phi) is 7.30. The number of fused-ring (bicyclic) bond motifs is 1. The summed E-state index contributed by atoms with van der Waals surface area (Å²) in [6, 6.07) is 9.44.